The first-order valence-corrected chi connectivity index (χ1v) is 8.08. The summed E-state index contributed by atoms with van der Waals surface area (Å²) in [6.07, 6.45) is 0. The molecule has 23 heavy (non-hydrogen) atoms. The van der Waals surface area contributed by atoms with E-state index < -0.39 is 0 Å². The van der Waals surface area contributed by atoms with Gasteiger partial charge in [-0.3, -0.25) is 0 Å². The van der Waals surface area contributed by atoms with E-state index in [0.29, 0.717) is 18.1 Å². The molecule has 4 heteroatoms. The summed E-state index contributed by atoms with van der Waals surface area (Å²) in [5.41, 5.74) is 3.21. The van der Waals surface area contributed by atoms with Crippen molar-refractivity contribution >= 4 is 17.6 Å². The SMILES string of the molecule is Cc1ccc(C(C)(C)CNC(=O)NCc2ccccc2Cl)cc1. The third kappa shape index (κ3) is 5.00. The molecule has 0 aliphatic rings. The maximum absolute atomic E-state index is 12.0. The van der Waals surface area contributed by atoms with Gasteiger partial charge in [-0.15, -0.1) is 0 Å². The lowest BCUT2D eigenvalue weighted by Crippen LogP contribution is -2.42. The van der Waals surface area contributed by atoms with Crippen molar-refractivity contribution in [2.75, 3.05) is 6.54 Å². The normalized spacial score (nSPS) is 11.1. The predicted octanol–water partition coefficient (Wildman–Crippen LogP) is 4.43. The molecular weight excluding hydrogens is 308 g/mol. The van der Waals surface area contributed by atoms with Crippen LogP contribution in [0.15, 0.2) is 48.5 Å². The van der Waals surface area contributed by atoms with Crippen molar-refractivity contribution in [3.63, 3.8) is 0 Å². The first-order chi connectivity index (χ1) is 10.9. The van der Waals surface area contributed by atoms with Gasteiger partial charge in [-0.25, -0.2) is 4.79 Å². The number of nitrogens with one attached hydrogen (secondary N) is 2. The minimum Gasteiger partial charge on any atom is -0.337 e. The Balaban J connectivity index is 1.86. The zero-order valence-electron chi connectivity index (χ0n) is 13.8. The second kappa shape index (κ2) is 7.51. The van der Waals surface area contributed by atoms with Gasteiger partial charge in [-0.1, -0.05) is 73.5 Å². The van der Waals surface area contributed by atoms with E-state index in [-0.39, 0.29) is 11.4 Å². The summed E-state index contributed by atoms with van der Waals surface area (Å²) in [6, 6.07) is 15.7. The van der Waals surface area contributed by atoms with Gasteiger partial charge in [0.15, 0.2) is 0 Å². The van der Waals surface area contributed by atoms with Crippen LogP contribution in [0.2, 0.25) is 5.02 Å². The Kier molecular flexibility index (Phi) is 5.67. The molecule has 0 radical (unpaired) electrons. The fraction of sp³-hybridized carbons (Fsp3) is 0.316. The van der Waals surface area contributed by atoms with E-state index in [2.05, 4.69) is 55.7 Å². The van der Waals surface area contributed by atoms with Crippen molar-refractivity contribution in [1.82, 2.24) is 10.6 Å². The molecule has 0 saturated heterocycles. The van der Waals surface area contributed by atoms with Gasteiger partial charge in [0.1, 0.15) is 0 Å². The van der Waals surface area contributed by atoms with E-state index in [0.717, 1.165) is 5.56 Å². The van der Waals surface area contributed by atoms with Gasteiger partial charge < -0.3 is 10.6 Å². The highest BCUT2D eigenvalue weighted by Crippen LogP contribution is 2.22. The van der Waals surface area contributed by atoms with E-state index in [1.807, 2.05) is 24.3 Å². The van der Waals surface area contributed by atoms with E-state index in [1.54, 1.807) is 0 Å². The van der Waals surface area contributed by atoms with Crippen molar-refractivity contribution in [3.05, 3.63) is 70.2 Å². The molecule has 2 aromatic carbocycles. The molecule has 122 valence electrons. The first-order valence-electron chi connectivity index (χ1n) is 7.71. The number of urea groups is 1. The number of halogens is 1. The molecule has 2 N–H and O–H groups in total. The molecule has 2 rings (SSSR count). The smallest absolute Gasteiger partial charge is 0.315 e. The molecule has 0 heterocycles. The average Bonchev–Trinajstić information content (AvgIpc) is 2.53. The lowest BCUT2D eigenvalue weighted by Gasteiger charge is -2.26. The molecule has 0 atom stereocenters. The lowest BCUT2D eigenvalue weighted by atomic mass is 9.84. The summed E-state index contributed by atoms with van der Waals surface area (Å²) in [6.45, 7) is 7.27. The largest absolute Gasteiger partial charge is 0.337 e. The second-order valence-corrected chi connectivity index (χ2v) is 6.78. The number of amides is 2. The molecule has 0 fully saturated rings. The summed E-state index contributed by atoms with van der Waals surface area (Å²) in [5.74, 6) is 0. The number of benzene rings is 2. The number of carbonyl (C=O) groups is 1. The van der Waals surface area contributed by atoms with Gasteiger partial charge in [0.2, 0.25) is 0 Å². The third-order valence-corrected chi connectivity index (χ3v) is 4.29. The van der Waals surface area contributed by atoms with Crippen molar-refractivity contribution in [3.8, 4) is 0 Å². The van der Waals surface area contributed by atoms with Crippen LogP contribution >= 0.6 is 11.6 Å². The van der Waals surface area contributed by atoms with Gasteiger partial charge >= 0.3 is 6.03 Å². The minimum absolute atomic E-state index is 0.130. The monoisotopic (exact) mass is 330 g/mol. The Morgan fingerprint density at radius 3 is 2.35 bits per heavy atom. The van der Waals surface area contributed by atoms with Crippen LogP contribution in [0.1, 0.15) is 30.5 Å². The standard InChI is InChI=1S/C19H23ClN2O/c1-14-8-10-16(11-9-14)19(2,3)13-22-18(23)21-12-15-6-4-5-7-17(15)20/h4-11H,12-13H2,1-3H3,(H2,21,22,23). The van der Waals surface area contributed by atoms with Crippen molar-refractivity contribution in [2.45, 2.75) is 32.7 Å². The quantitative estimate of drug-likeness (QED) is 0.836. The number of carbonyl (C=O) groups excluding carboxylic acids is 1. The summed E-state index contributed by atoms with van der Waals surface area (Å²) in [5, 5.41) is 6.43. The highest BCUT2D eigenvalue weighted by atomic mass is 35.5. The van der Waals surface area contributed by atoms with Gasteiger partial charge in [0.05, 0.1) is 0 Å². The van der Waals surface area contributed by atoms with Crippen LogP contribution in [-0.4, -0.2) is 12.6 Å². The molecule has 0 spiro atoms. The Labute approximate surface area is 143 Å². The Bertz CT molecular complexity index is 665. The van der Waals surface area contributed by atoms with Crippen LogP contribution < -0.4 is 10.6 Å². The fourth-order valence-corrected chi connectivity index (χ4v) is 2.49. The number of hydrogen-bond donors (Lipinski definition) is 2. The molecule has 0 unspecified atom stereocenters. The number of rotatable bonds is 5. The van der Waals surface area contributed by atoms with Gasteiger partial charge in [0.25, 0.3) is 0 Å². The average molecular weight is 331 g/mol. The molecule has 3 nitrogen and oxygen atoms in total. The molecule has 0 aliphatic carbocycles. The number of aryl methyl sites for hydroxylation is 1. The molecule has 0 saturated carbocycles. The molecule has 2 amide bonds. The third-order valence-electron chi connectivity index (χ3n) is 3.92. The summed E-state index contributed by atoms with van der Waals surface area (Å²) in [7, 11) is 0. The van der Waals surface area contributed by atoms with Gasteiger partial charge in [-0.2, -0.15) is 0 Å². The van der Waals surface area contributed by atoms with Crippen molar-refractivity contribution < 1.29 is 4.79 Å². The zero-order chi connectivity index (χ0) is 16.9. The maximum Gasteiger partial charge on any atom is 0.315 e. The number of hydrogen-bond acceptors (Lipinski definition) is 1. The molecular formula is C19H23ClN2O. The topological polar surface area (TPSA) is 41.1 Å². The highest BCUT2D eigenvalue weighted by molar-refractivity contribution is 6.31. The summed E-state index contributed by atoms with van der Waals surface area (Å²) >= 11 is 6.08. The Morgan fingerprint density at radius 1 is 1.04 bits per heavy atom. The van der Waals surface area contributed by atoms with Crippen LogP contribution in [0.5, 0.6) is 0 Å². The minimum atomic E-state index is -0.190. The first kappa shape index (κ1) is 17.4. The fourth-order valence-electron chi connectivity index (χ4n) is 2.29. The van der Waals surface area contributed by atoms with E-state index >= 15 is 0 Å². The highest BCUT2D eigenvalue weighted by Gasteiger charge is 2.21. The van der Waals surface area contributed by atoms with Gasteiger partial charge in [0, 0.05) is 23.5 Å². The molecule has 0 aliphatic heterocycles. The van der Waals surface area contributed by atoms with Crippen molar-refractivity contribution in [2.24, 2.45) is 0 Å². The zero-order valence-corrected chi connectivity index (χ0v) is 14.6. The predicted molar refractivity (Wildman–Crippen MR) is 95.9 cm³/mol. The van der Waals surface area contributed by atoms with Gasteiger partial charge in [-0.05, 0) is 24.1 Å². The van der Waals surface area contributed by atoms with Crippen LogP contribution in [0.4, 0.5) is 4.79 Å². The Morgan fingerprint density at radius 2 is 1.70 bits per heavy atom. The van der Waals surface area contributed by atoms with Crippen LogP contribution in [-0.2, 0) is 12.0 Å². The van der Waals surface area contributed by atoms with Crippen LogP contribution in [0, 0.1) is 6.92 Å². The second-order valence-electron chi connectivity index (χ2n) is 6.38. The summed E-state index contributed by atoms with van der Waals surface area (Å²) < 4.78 is 0. The molecule has 2 aromatic rings. The molecule has 0 bridgehead atoms. The van der Waals surface area contributed by atoms with Crippen molar-refractivity contribution in [1.29, 1.82) is 0 Å². The van der Waals surface area contributed by atoms with Crippen LogP contribution in [0.25, 0.3) is 0 Å². The maximum atomic E-state index is 12.0. The lowest BCUT2D eigenvalue weighted by molar-refractivity contribution is 0.238. The van der Waals surface area contributed by atoms with E-state index in [1.165, 1.54) is 11.1 Å². The van der Waals surface area contributed by atoms with E-state index in [9.17, 15) is 4.79 Å². The summed E-state index contributed by atoms with van der Waals surface area (Å²) in [4.78, 5) is 12.0. The Hall–Kier alpha value is -2.00. The van der Waals surface area contributed by atoms with E-state index in [4.69, 9.17) is 11.6 Å². The van der Waals surface area contributed by atoms with Crippen LogP contribution in [0.3, 0.4) is 0 Å². The molecule has 0 aromatic heterocycles.